The van der Waals surface area contributed by atoms with E-state index < -0.39 is 5.97 Å². The first-order valence-electron chi connectivity index (χ1n) is 5.45. The summed E-state index contributed by atoms with van der Waals surface area (Å²) in [5, 5.41) is 8.77. The third-order valence-corrected chi connectivity index (χ3v) is 2.92. The molecule has 86 valence electrons. The topological polar surface area (TPSA) is 66.6 Å². The lowest BCUT2D eigenvalue weighted by atomic mass is 10.1. The number of hydrogen-bond donors (Lipinski definition) is 2. The van der Waals surface area contributed by atoms with Crippen LogP contribution in [0.2, 0.25) is 0 Å². The van der Waals surface area contributed by atoms with Gasteiger partial charge in [-0.2, -0.15) is 0 Å². The Morgan fingerprint density at radius 3 is 2.62 bits per heavy atom. The first-order valence-corrected chi connectivity index (χ1v) is 5.45. The predicted octanol–water partition coefficient (Wildman–Crippen LogP) is 0.918. The molecule has 1 aliphatic rings. The molecule has 4 nitrogen and oxygen atoms in total. The minimum Gasteiger partial charge on any atom is -0.478 e. The second-order valence-electron chi connectivity index (χ2n) is 4.29. The molecule has 1 aliphatic heterocycles. The van der Waals surface area contributed by atoms with Crippen LogP contribution in [0.1, 0.15) is 22.3 Å². The van der Waals surface area contributed by atoms with E-state index in [1.165, 1.54) is 0 Å². The van der Waals surface area contributed by atoms with Crippen molar-refractivity contribution in [2.75, 3.05) is 13.1 Å². The Balaban J connectivity index is 1.97. The Bertz CT molecular complexity index is 375. The Labute approximate surface area is 94.7 Å². The molecule has 1 heterocycles. The number of hydrogen-bond acceptors (Lipinski definition) is 3. The van der Waals surface area contributed by atoms with Gasteiger partial charge in [0.15, 0.2) is 0 Å². The van der Waals surface area contributed by atoms with Crippen LogP contribution in [0.4, 0.5) is 0 Å². The van der Waals surface area contributed by atoms with Gasteiger partial charge in [-0.3, -0.25) is 4.90 Å². The van der Waals surface area contributed by atoms with Crippen molar-refractivity contribution in [1.29, 1.82) is 0 Å². The second-order valence-corrected chi connectivity index (χ2v) is 4.29. The van der Waals surface area contributed by atoms with Crippen molar-refractivity contribution in [2.45, 2.75) is 19.0 Å². The number of benzene rings is 1. The fraction of sp³-hybridized carbons (Fsp3) is 0.417. The molecule has 16 heavy (non-hydrogen) atoms. The number of nitrogens with two attached hydrogens (primary N) is 1. The van der Waals surface area contributed by atoms with E-state index >= 15 is 0 Å². The summed E-state index contributed by atoms with van der Waals surface area (Å²) in [5.41, 5.74) is 7.30. The van der Waals surface area contributed by atoms with E-state index in [-0.39, 0.29) is 0 Å². The van der Waals surface area contributed by atoms with Crippen molar-refractivity contribution in [2.24, 2.45) is 5.73 Å². The van der Waals surface area contributed by atoms with Crippen LogP contribution in [0.25, 0.3) is 0 Å². The molecule has 1 atom stereocenters. The summed E-state index contributed by atoms with van der Waals surface area (Å²) in [4.78, 5) is 13.0. The summed E-state index contributed by atoms with van der Waals surface area (Å²) < 4.78 is 0. The zero-order chi connectivity index (χ0) is 11.5. The van der Waals surface area contributed by atoms with Crippen LogP contribution in [0.5, 0.6) is 0 Å². The molecule has 0 aliphatic carbocycles. The summed E-state index contributed by atoms with van der Waals surface area (Å²) in [6.45, 7) is 2.82. The Morgan fingerprint density at radius 1 is 1.44 bits per heavy atom. The Morgan fingerprint density at radius 2 is 2.12 bits per heavy atom. The van der Waals surface area contributed by atoms with Gasteiger partial charge in [0.25, 0.3) is 0 Å². The number of likely N-dealkylation sites (tertiary alicyclic amines) is 1. The minimum absolute atomic E-state index is 0.290. The van der Waals surface area contributed by atoms with Gasteiger partial charge in [0, 0.05) is 25.7 Å². The summed E-state index contributed by atoms with van der Waals surface area (Å²) in [6.07, 6.45) is 1.05. The zero-order valence-corrected chi connectivity index (χ0v) is 9.10. The largest absolute Gasteiger partial charge is 0.478 e. The predicted molar refractivity (Wildman–Crippen MR) is 61.3 cm³/mol. The molecule has 4 heteroatoms. The third-order valence-electron chi connectivity index (χ3n) is 2.92. The molecule has 2 rings (SSSR count). The van der Waals surface area contributed by atoms with Crippen LogP contribution < -0.4 is 5.73 Å². The number of carboxylic acid groups (broad SMARTS) is 1. The molecule has 0 radical (unpaired) electrons. The number of carbonyl (C=O) groups is 1. The van der Waals surface area contributed by atoms with E-state index in [2.05, 4.69) is 4.90 Å². The lowest BCUT2D eigenvalue weighted by molar-refractivity contribution is 0.0697. The normalized spacial score (nSPS) is 21.2. The monoisotopic (exact) mass is 220 g/mol. The molecule has 1 unspecified atom stereocenters. The molecule has 1 aromatic carbocycles. The van der Waals surface area contributed by atoms with Gasteiger partial charge in [-0.05, 0) is 24.1 Å². The fourth-order valence-electron chi connectivity index (χ4n) is 2.02. The van der Waals surface area contributed by atoms with E-state index in [1.54, 1.807) is 12.1 Å². The van der Waals surface area contributed by atoms with Gasteiger partial charge in [-0.1, -0.05) is 12.1 Å². The van der Waals surface area contributed by atoms with E-state index in [9.17, 15) is 4.79 Å². The smallest absolute Gasteiger partial charge is 0.335 e. The second kappa shape index (κ2) is 4.63. The zero-order valence-electron chi connectivity index (χ0n) is 9.10. The lowest BCUT2D eigenvalue weighted by Crippen LogP contribution is -2.26. The van der Waals surface area contributed by atoms with Gasteiger partial charge >= 0.3 is 5.97 Å². The molecule has 0 saturated carbocycles. The van der Waals surface area contributed by atoms with Gasteiger partial charge in [0.2, 0.25) is 0 Å². The van der Waals surface area contributed by atoms with Gasteiger partial charge in [-0.15, -0.1) is 0 Å². The summed E-state index contributed by atoms with van der Waals surface area (Å²) in [7, 11) is 0. The number of aromatic carboxylic acids is 1. The lowest BCUT2D eigenvalue weighted by Gasteiger charge is -2.14. The molecule has 0 amide bonds. The molecule has 0 aromatic heterocycles. The van der Waals surface area contributed by atoms with Crippen molar-refractivity contribution in [1.82, 2.24) is 4.90 Å². The molecular weight excluding hydrogens is 204 g/mol. The van der Waals surface area contributed by atoms with Gasteiger partial charge in [0.1, 0.15) is 0 Å². The molecular formula is C12H16N2O2. The Hall–Kier alpha value is -1.39. The average molecular weight is 220 g/mol. The van der Waals surface area contributed by atoms with Crippen molar-refractivity contribution < 1.29 is 9.90 Å². The van der Waals surface area contributed by atoms with Gasteiger partial charge in [-0.25, -0.2) is 4.79 Å². The first-order chi connectivity index (χ1) is 7.65. The van der Waals surface area contributed by atoms with E-state index in [4.69, 9.17) is 10.8 Å². The maximum atomic E-state index is 10.7. The van der Waals surface area contributed by atoms with Gasteiger partial charge < -0.3 is 10.8 Å². The highest BCUT2D eigenvalue weighted by Gasteiger charge is 2.18. The standard InChI is InChI=1S/C12H16N2O2/c13-11-5-6-14(8-11)7-9-1-3-10(4-2-9)12(15)16/h1-4,11H,5-8,13H2,(H,15,16). The van der Waals surface area contributed by atoms with Crippen LogP contribution >= 0.6 is 0 Å². The highest BCUT2D eigenvalue weighted by atomic mass is 16.4. The SMILES string of the molecule is NC1CCN(Cc2ccc(C(=O)O)cc2)C1. The molecule has 1 aromatic rings. The highest BCUT2D eigenvalue weighted by Crippen LogP contribution is 2.12. The maximum absolute atomic E-state index is 10.7. The van der Waals surface area contributed by atoms with Crippen molar-refractivity contribution in [3.63, 3.8) is 0 Å². The minimum atomic E-state index is -0.880. The van der Waals surface area contributed by atoms with Crippen molar-refractivity contribution in [3.8, 4) is 0 Å². The van der Waals surface area contributed by atoms with Crippen LogP contribution in [0.3, 0.4) is 0 Å². The van der Waals surface area contributed by atoms with Crippen LogP contribution in [0, 0.1) is 0 Å². The molecule has 3 N–H and O–H groups in total. The average Bonchev–Trinajstić information content (AvgIpc) is 2.65. The van der Waals surface area contributed by atoms with Crippen LogP contribution in [-0.2, 0) is 6.54 Å². The number of carboxylic acids is 1. The first kappa shape index (κ1) is 11.1. The third kappa shape index (κ3) is 2.59. The quantitative estimate of drug-likeness (QED) is 0.795. The van der Waals surface area contributed by atoms with Crippen molar-refractivity contribution >= 4 is 5.97 Å². The molecule has 0 spiro atoms. The summed E-state index contributed by atoms with van der Waals surface area (Å²) in [5.74, 6) is -0.880. The number of rotatable bonds is 3. The van der Waals surface area contributed by atoms with E-state index in [0.29, 0.717) is 11.6 Å². The van der Waals surface area contributed by atoms with E-state index in [0.717, 1.165) is 31.6 Å². The van der Waals surface area contributed by atoms with Crippen LogP contribution in [-0.4, -0.2) is 35.1 Å². The summed E-state index contributed by atoms with van der Waals surface area (Å²) >= 11 is 0. The highest BCUT2D eigenvalue weighted by molar-refractivity contribution is 5.87. The maximum Gasteiger partial charge on any atom is 0.335 e. The van der Waals surface area contributed by atoms with E-state index in [1.807, 2.05) is 12.1 Å². The number of nitrogens with zero attached hydrogens (tertiary/aromatic N) is 1. The molecule has 0 bridgehead atoms. The fourth-order valence-corrected chi connectivity index (χ4v) is 2.02. The molecule has 1 saturated heterocycles. The van der Waals surface area contributed by atoms with Crippen molar-refractivity contribution in [3.05, 3.63) is 35.4 Å². The molecule has 1 fully saturated rings. The summed E-state index contributed by atoms with van der Waals surface area (Å²) in [6, 6.07) is 7.32. The Kier molecular flexibility index (Phi) is 3.22. The van der Waals surface area contributed by atoms with Gasteiger partial charge in [0.05, 0.1) is 5.56 Å². The van der Waals surface area contributed by atoms with Crippen LogP contribution in [0.15, 0.2) is 24.3 Å².